The van der Waals surface area contributed by atoms with Crippen molar-refractivity contribution in [1.29, 1.82) is 0 Å². The highest BCUT2D eigenvalue weighted by Gasteiger charge is 2.39. The first-order valence-electron chi connectivity index (χ1n) is 9.62. The molecule has 0 bridgehead atoms. The molecule has 2 atom stereocenters. The van der Waals surface area contributed by atoms with Crippen LogP contribution in [0.15, 0.2) is 54.6 Å². The van der Waals surface area contributed by atoms with Gasteiger partial charge in [0.2, 0.25) is 0 Å². The Kier molecular flexibility index (Phi) is 7.10. The molecule has 1 fully saturated rings. The minimum atomic E-state index is -5.15. The van der Waals surface area contributed by atoms with Crippen molar-refractivity contribution in [2.24, 2.45) is 0 Å². The largest absolute Gasteiger partial charge is 0.496 e. The lowest BCUT2D eigenvalue weighted by molar-refractivity contribution is -0.0711. The summed E-state index contributed by atoms with van der Waals surface area (Å²) in [5, 5.41) is 6.83. The lowest BCUT2D eigenvalue weighted by atomic mass is 9.92. The number of rotatable bonds is 6. The maximum absolute atomic E-state index is 13.1. The number of allylic oxidation sites excluding steroid dienone is 1. The predicted molar refractivity (Wildman–Crippen MR) is 105 cm³/mol. The number of methoxy groups -OCH3 is 1. The quantitative estimate of drug-likeness (QED) is 0.603. The van der Waals surface area contributed by atoms with Crippen LogP contribution in [-0.2, 0) is 6.54 Å². The van der Waals surface area contributed by atoms with E-state index in [1.54, 1.807) is 0 Å². The van der Waals surface area contributed by atoms with Gasteiger partial charge in [-0.3, -0.25) is 0 Å². The fraction of sp³-hybridized carbons (Fsp3) is 0.364. The van der Waals surface area contributed by atoms with Gasteiger partial charge in [-0.2, -0.15) is 22.0 Å². The molecule has 1 aliphatic heterocycles. The Bertz CT molecular complexity index is 879. The molecule has 1 aliphatic rings. The van der Waals surface area contributed by atoms with E-state index in [4.69, 9.17) is 4.74 Å². The van der Waals surface area contributed by atoms with Crippen LogP contribution in [0, 0.1) is 0 Å². The molecule has 3 rings (SSSR count). The first-order valence-corrected chi connectivity index (χ1v) is 9.62. The Balaban J connectivity index is 1.84. The second-order valence-electron chi connectivity index (χ2n) is 7.13. The van der Waals surface area contributed by atoms with Gasteiger partial charge in [-0.15, -0.1) is 0 Å². The van der Waals surface area contributed by atoms with Crippen LogP contribution in [0.3, 0.4) is 0 Å². The molecule has 0 spiro atoms. The van der Waals surface area contributed by atoms with E-state index in [1.165, 1.54) is 13.2 Å². The highest BCUT2D eigenvalue weighted by atomic mass is 19.4. The lowest BCUT2D eigenvalue weighted by Gasteiger charge is -2.34. The molecule has 162 valence electrons. The summed E-state index contributed by atoms with van der Waals surface area (Å²) in [7, 11) is 1.39. The molecule has 0 aliphatic carbocycles. The number of halogens is 5. The summed E-state index contributed by atoms with van der Waals surface area (Å²) in [5.41, 5.74) is -1.01. The highest BCUT2D eigenvalue weighted by Crippen LogP contribution is 2.38. The van der Waals surface area contributed by atoms with E-state index in [-0.39, 0.29) is 18.6 Å². The third-order valence-electron chi connectivity index (χ3n) is 5.21. The van der Waals surface area contributed by atoms with Crippen LogP contribution < -0.4 is 15.4 Å². The minimum Gasteiger partial charge on any atom is -0.496 e. The molecule has 0 aromatic heterocycles. The molecule has 30 heavy (non-hydrogen) atoms. The first-order chi connectivity index (χ1) is 14.3. The Morgan fingerprint density at radius 1 is 1.13 bits per heavy atom. The minimum absolute atomic E-state index is 0.0325. The number of alkyl halides is 3. The van der Waals surface area contributed by atoms with Gasteiger partial charge >= 0.3 is 6.18 Å². The van der Waals surface area contributed by atoms with Gasteiger partial charge in [-0.25, -0.2) is 0 Å². The van der Waals surface area contributed by atoms with Gasteiger partial charge in [-0.05, 0) is 42.6 Å². The topological polar surface area (TPSA) is 33.3 Å². The molecule has 2 aromatic rings. The molecule has 0 amide bonds. The third kappa shape index (κ3) is 5.17. The van der Waals surface area contributed by atoms with Crippen molar-refractivity contribution >= 4 is 5.57 Å². The van der Waals surface area contributed by atoms with Crippen LogP contribution in [0.4, 0.5) is 22.0 Å². The molecule has 2 N–H and O–H groups in total. The zero-order valence-corrected chi connectivity index (χ0v) is 16.4. The van der Waals surface area contributed by atoms with Crippen molar-refractivity contribution in [2.45, 2.75) is 37.6 Å². The molecule has 0 saturated carbocycles. The van der Waals surface area contributed by atoms with E-state index in [2.05, 4.69) is 10.6 Å². The maximum Gasteiger partial charge on any atom is 0.422 e. The molecule has 1 saturated heterocycles. The first kappa shape index (κ1) is 22.2. The molecule has 0 radical (unpaired) electrons. The second-order valence-corrected chi connectivity index (χ2v) is 7.13. The van der Waals surface area contributed by atoms with Gasteiger partial charge in [0.1, 0.15) is 11.3 Å². The summed E-state index contributed by atoms with van der Waals surface area (Å²) in [4.78, 5) is 0. The van der Waals surface area contributed by atoms with Gasteiger partial charge in [-0.1, -0.05) is 36.4 Å². The monoisotopic (exact) mass is 426 g/mol. The van der Waals surface area contributed by atoms with E-state index in [0.717, 1.165) is 37.1 Å². The maximum atomic E-state index is 13.1. The Morgan fingerprint density at radius 3 is 2.50 bits per heavy atom. The summed E-state index contributed by atoms with van der Waals surface area (Å²) >= 11 is 0. The van der Waals surface area contributed by atoms with Crippen LogP contribution >= 0.6 is 0 Å². The Labute approximate surface area is 171 Å². The van der Waals surface area contributed by atoms with Crippen molar-refractivity contribution in [1.82, 2.24) is 10.6 Å². The van der Waals surface area contributed by atoms with Crippen LogP contribution in [0.2, 0.25) is 0 Å². The normalized spacial score (nSPS) is 19.4. The number of piperidine rings is 1. The van der Waals surface area contributed by atoms with Gasteiger partial charge in [0, 0.05) is 24.2 Å². The summed E-state index contributed by atoms with van der Waals surface area (Å²) in [6, 6.07) is 13.3. The van der Waals surface area contributed by atoms with E-state index < -0.39 is 23.4 Å². The molecule has 8 heteroatoms. The molecule has 1 heterocycles. The standard InChI is InChI=1S/C22H23F5N2O/c1-30-18-10-9-15(19(21(23)24)22(25,26)27)12-16(18)13-29-17-8-5-11-28-20(17)14-6-3-2-4-7-14/h2-4,6-7,9-10,12,17,20,28-29H,5,8,11,13H2,1H3/t17-,20-/m0/s1. The van der Waals surface area contributed by atoms with Crippen molar-refractivity contribution < 1.29 is 26.7 Å². The van der Waals surface area contributed by atoms with Crippen molar-refractivity contribution in [2.75, 3.05) is 13.7 Å². The molecular formula is C22H23F5N2O. The molecule has 0 unspecified atom stereocenters. The Morgan fingerprint density at radius 2 is 1.87 bits per heavy atom. The number of ether oxygens (including phenoxy) is 1. The number of hydrogen-bond donors (Lipinski definition) is 2. The SMILES string of the molecule is COc1ccc(C(=C(F)F)C(F)(F)F)cc1CN[C@H]1CCCN[C@H]1c1ccccc1. The molecule has 3 nitrogen and oxygen atoms in total. The van der Waals surface area contributed by atoms with E-state index in [0.29, 0.717) is 11.3 Å². The van der Waals surface area contributed by atoms with Crippen molar-refractivity contribution in [3.8, 4) is 5.75 Å². The summed E-state index contributed by atoms with van der Waals surface area (Å²) in [6.45, 7) is 1.05. The average Bonchev–Trinajstić information content (AvgIpc) is 2.72. The lowest BCUT2D eigenvalue weighted by Crippen LogP contribution is -2.45. The zero-order chi connectivity index (χ0) is 21.7. The smallest absolute Gasteiger partial charge is 0.422 e. The van der Waals surface area contributed by atoms with Crippen LogP contribution in [0.25, 0.3) is 5.57 Å². The fourth-order valence-corrected chi connectivity index (χ4v) is 3.81. The highest BCUT2D eigenvalue weighted by molar-refractivity contribution is 5.71. The number of hydrogen-bond acceptors (Lipinski definition) is 3. The van der Waals surface area contributed by atoms with Crippen molar-refractivity contribution in [3.63, 3.8) is 0 Å². The molecular weight excluding hydrogens is 403 g/mol. The van der Waals surface area contributed by atoms with Gasteiger partial charge < -0.3 is 15.4 Å². The van der Waals surface area contributed by atoms with Crippen LogP contribution in [-0.4, -0.2) is 25.9 Å². The number of nitrogens with one attached hydrogen (secondary N) is 2. The summed E-state index contributed by atoms with van der Waals surface area (Å²) < 4.78 is 70.5. The average molecular weight is 426 g/mol. The van der Waals surface area contributed by atoms with Crippen LogP contribution in [0.1, 0.15) is 35.6 Å². The number of benzene rings is 2. The van der Waals surface area contributed by atoms with Crippen molar-refractivity contribution in [3.05, 3.63) is 71.3 Å². The fourth-order valence-electron chi connectivity index (χ4n) is 3.81. The Hall–Kier alpha value is -2.45. The third-order valence-corrected chi connectivity index (χ3v) is 5.21. The van der Waals surface area contributed by atoms with E-state index >= 15 is 0 Å². The second kappa shape index (κ2) is 9.57. The summed E-state index contributed by atoms with van der Waals surface area (Å²) in [6.07, 6.45) is -6.08. The van der Waals surface area contributed by atoms with E-state index in [9.17, 15) is 22.0 Å². The van der Waals surface area contributed by atoms with Gasteiger partial charge in [0.05, 0.1) is 7.11 Å². The van der Waals surface area contributed by atoms with Gasteiger partial charge in [0.25, 0.3) is 6.08 Å². The predicted octanol–water partition coefficient (Wildman–Crippen LogP) is 5.45. The molecule has 2 aromatic carbocycles. The van der Waals surface area contributed by atoms with Gasteiger partial charge in [0.15, 0.2) is 0 Å². The van der Waals surface area contributed by atoms with E-state index in [1.807, 2.05) is 30.3 Å². The van der Waals surface area contributed by atoms with Crippen LogP contribution in [0.5, 0.6) is 5.75 Å². The summed E-state index contributed by atoms with van der Waals surface area (Å²) in [5.74, 6) is 0.340. The zero-order valence-electron chi connectivity index (χ0n) is 16.4.